The van der Waals surface area contributed by atoms with E-state index in [-0.39, 0.29) is 30.0 Å². The summed E-state index contributed by atoms with van der Waals surface area (Å²) < 4.78 is 22.8. The molecule has 1 aliphatic heterocycles. The van der Waals surface area contributed by atoms with Crippen molar-refractivity contribution >= 4 is 21.4 Å². The van der Waals surface area contributed by atoms with Gasteiger partial charge in [0.2, 0.25) is 5.91 Å². The Bertz CT molecular complexity index is 653. The molecule has 1 atom stereocenters. The lowest BCUT2D eigenvalue weighted by Crippen LogP contribution is -2.39. The van der Waals surface area contributed by atoms with Gasteiger partial charge >= 0.3 is 0 Å². The number of hydrogen-bond acceptors (Lipinski definition) is 4. The lowest BCUT2D eigenvalue weighted by atomic mass is 9.98. The van der Waals surface area contributed by atoms with Crippen molar-refractivity contribution in [2.24, 2.45) is 0 Å². The predicted octanol–water partition coefficient (Wildman–Crippen LogP) is 1.83. The fraction of sp³-hybridized carbons (Fsp3) is 0.562. The zero-order valence-corrected chi connectivity index (χ0v) is 14.2. The number of carbonyl (C=O) groups excluding carboxylic acids is 1. The van der Waals surface area contributed by atoms with Crippen LogP contribution in [0.15, 0.2) is 18.2 Å². The Morgan fingerprint density at radius 3 is 2.68 bits per heavy atom. The number of nitrogens with one attached hydrogen (secondary N) is 2. The van der Waals surface area contributed by atoms with Crippen molar-refractivity contribution in [2.75, 3.05) is 23.4 Å². The highest BCUT2D eigenvalue weighted by atomic mass is 32.2. The second kappa shape index (κ2) is 6.69. The first kappa shape index (κ1) is 16.8. The number of sulfone groups is 1. The molecule has 2 N–H and O–H groups in total. The van der Waals surface area contributed by atoms with Crippen LogP contribution in [0.4, 0.5) is 5.69 Å². The third-order valence-electron chi connectivity index (χ3n) is 3.95. The molecule has 0 bridgehead atoms. The summed E-state index contributed by atoms with van der Waals surface area (Å²) >= 11 is 0. The van der Waals surface area contributed by atoms with Crippen LogP contribution in [0.2, 0.25) is 0 Å². The van der Waals surface area contributed by atoms with Gasteiger partial charge in [-0.25, -0.2) is 8.42 Å². The van der Waals surface area contributed by atoms with Crippen molar-refractivity contribution < 1.29 is 13.2 Å². The summed E-state index contributed by atoms with van der Waals surface area (Å²) in [4.78, 5) is 12.0. The molecule has 122 valence electrons. The minimum absolute atomic E-state index is 0.0559. The number of aryl methyl sites for hydroxylation is 1. The van der Waals surface area contributed by atoms with Gasteiger partial charge in [-0.15, -0.1) is 0 Å². The summed E-state index contributed by atoms with van der Waals surface area (Å²) in [5, 5.41) is 5.99. The number of benzene rings is 1. The SMILES string of the molecule is Cc1cccc(C(C)C)c1NCC(=O)NC1CCS(=O)(=O)C1. The summed E-state index contributed by atoms with van der Waals surface area (Å²) in [6.45, 7) is 6.39. The number of hydrogen-bond donors (Lipinski definition) is 2. The van der Waals surface area contributed by atoms with E-state index in [1.807, 2.05) is 19.1 Å². The highest BCUT2D eigenvalue weighted by Gasteiger charge is 2.28. The van der Waals surface area contributed by atoms with Gasteiger partial charge in [-0.2, -0.15) is 0 Å². The van der Waals surface area contributed by atoms with E-state index in [1.54, 1.807) is 0 Å². The van der Waals surface area contributed by atoms with E-state index in [1.165, 1.54) is 5.56 Å². The van der Waals surface area contributed by atoms with Gasteiger partial charge in [-0.05, 0) is 30.4 Å². The van der Waals surface area contributed by atoms with E-state index in [2.05, 4.69) is 30.5 Å². The molecule has 0 aliphatic carbocycles. The van der Waals surface area contributed by atoms with Crippen LogP contribution in [0.3, 0.4) is 0 Å². The van der Waals surface area contributed by atoms with E-state index < -0.39 is 9.84 Å². The summed E-state index contributed by atoms with van der Waals surface area (Å²) in [7, 11) is -2.97. The van der Waals surface area contributed by atoms with E-state index in [4.69, 9.17) is 0 Å². The standard InChI is InChI=1S/C16H24N2O3S/c1-11(2)14-6-4-5-12(3)16(14)17-9-15(19)18-13-7-8-22(20,21)10-13/h4-6,11,13,17H,7-10H2,1-3H3,(H,18,19). The minimum atomic E-state index is -2.97. The van der Waals surface area contributed by atoms with Gasteiger partial charge < -0.3 is 10.6 Å². The molecule has 2 rings (SSSR count). The van der Waals surface area contributed by atoms with Crippen LogP contribution in [-0.4, -0.2) is 38.4 Å². The zero-order valence-electron chi connectivity index (χ0n) is 13.3. The molecule has 1 aromatic carbocycles. The Balaban J connectivity index is 1.95. The van der Waals surface area contributed by atoms with Crippen LogP contribution in [0, 0.1) is 6.92 Å². The third kappa shape index (κ3) is 4.22. The molecule has 6 heteroatoms. The van der Waals surface area contributed by atoms with E-state index in [0.29, 0.717) is 12.3 Å². The van der Waals surface area contributed by atoms with Gasteiger partial charge in [0.15, 0.2) is 9.84 Å². The first-order chi connectivity index (χ1) is 10.3. The highest BCUT2D eigenvalue weighted by molar-refractivity contribution is 7.91. The fourth-order valence-corrected chi connectivity index (χ4v) is 4.44. The van der Waals surface area contributed by atoms with Crippen molar-refractivity contribution in [1.82, 2.24) is 5.32 Å². The molecule has 0 aromatic heterocycles. The minimum Gasteiger partial charge on any atom is -0.376 e. The Kier molecular flexibility index (Phi) is 5.11. The topological polar surface area (TPSA) is 75.3 Å². The Morgan fingerprint density at radius 2 is 2.09 bits per heavy atom. The Hall–Kier alpha value is -1.56. The van der Waals surface area contributed by atoms with Crippen LogP contribution in [-0.2, 0) is 14.6 Å². The van der Waals surface area contributed by atoms with Crippen molar-refractivity contribution in [3.63, 3.8) is 0 Å². The number of carbonyl (C=O) groups is 1. The van der Waals surface area contributed by atoms with Gasteiger partial charge in [0.05, 0.1) is 18.1 Å². The van der Waals surface area contributed by atoms with Crippen LogP contribution in [0.5, 0.6) is 0 Å². The maximum Gasteiger partial charge on any atom is 0.239 e. The summed E-state index contributed by atoms with van der Waals surface area (Å²) in [6.07, 6.45) is 0.510. The number of amides is 1. The summed E-state index contributed by atoms with van der Waals surface area (Å²) in [5.74, 6) is 0.423. The van der Waals surface area contributed by atoms with Crippen molar-refractivity contribution in [2.45, 2.75) is 39.2 Å². The lowest BCUT2D eigenvalue weighted by molar-refractivity contribution is -0.119. The molecule has 5 nitrogen and oxygen atoms in total. The molecular formula is C16H24N2O3S. The van der Waals surface area contributed by atoms with Crippen LogP contribution >= 0.6 is 0 Å². The second-order valence-corrected chi connectivity index (χ2v) is 8.44. The lowest BCUT2D eigenvalue weighted by Gasteiger charge is -2.18. The fourth-order valence-electron chi connectivity index (χ4n) is 2.77. The number of para-hydroxylation sites is 1. The van der Waals surface area contributed by atoms with Gasteiger partial charge in [0, 0.05) is 11.7 Å². The molecule has 1 fully saturated rings. The van der Waals surface area contributed by atoms with E-state index >= 15 is 0 Å². The van der Waals surface area contributed by atoms with Gasteiger partial charge in [0.1, 0.15) is 0 Å². The average molecular weight is 324 g/mol. The van der Waals surface area contributed by atoms with Crippen LogP contribution in [0.25, 0.3) is 0 Å². The molecule has 0 saturated carbocycles. The van der Waals surface area contributed by atoms with Crippen molar-refractivity contribution in [3.05, 3.63) is 29.3 Å². The Morgan fingerprint density at radius 1 is 1.36 bits per heavy atom. The maximum absolute atomic E-state index is 12.0. The Labute approximate surface area is 132 Å². The monoisotopic (exact) mass is 324 g/mol. The molecule has 1 saturated heterocycles. The molecule has 1 amide bonds. The van der Waals surface area contributed by atoms with Gasteiger partial charge in [-0.3, -0.25) is 4.79 Å². The third-order valence-corrected chi connectivity index (χ3v) is 5.72. The zero-order chi connectivity index (χ0) is 16.3. The molecule has 1 heterocycles. The van der Waals surface area contributed by atoms with E-state index in [0.717, 1.165) is 11.3 Å². The highest BCUT2D eigenvalue weighted by Crippen LogP contribution is 2.27. The summed E-state index contributed by atoms with van der Waals surface area (Å²) in [6, 6.07) is 5.83. The number of rotatable bonds is 5. The second-order valence-electron chi connectivity index (χ2n) is 6.21. The average Bonchev–Trinajstić information content (AvgIpc) is 2.76. The number of anilines is 1. The quantitative estimate of drug-likeness (QED) is 0.866. The predicted molar refractivity (Wildman–Crippen MR) is 89.0 cm³/mol. The maximum atomic E-state index is 12.0. The summed E-state index contributed by atoms with van der Waals surface area (Å²) in [5.41, 5.74) is 3.27. The first-order valence-corrected chi connectivity index (χ1v) is 9.44. The smallest absolute Gasteiger partial charge is 0.239 e. The molecule has 0 radical (unpaired) electrons. The first-order valence-electron chi connectivity index (χ1n) is 7.61. The molecule has 22 heavy (non-hydrogen) atoms. The largest absolute Gasteiger partial charge is 0.376 e. The van der Waals surface area contributed by atoms with Gasteiger partial charge in [0.25, 0.3) is 0 Å². The van der Waals surface area contributed by atoms with E-state index in [9.17, 15) is 13.2 Å². The molecule has 1 aromatic rings. The molecule has 0 spiro atoms. The van der Waals surface area contributed by atoms with Crippen molar-refractivity contribution in [3.8, 4) is 0 Å². The molecular weight excluding hydrogens is 300 g/mol. The van der Waals surface area contributed by atoms with Crippen LogP contribution in [0.1, 0.15) is 37.3 Å². The molecule has 1 unspecified atom stereocenters. The van der Waals surface area contributed by atoms with Crippen LogP contribution < -0.4 is 10.6 Å². The normalized spacial score (nSPS) is 20.1. The van der Waals surface area contributed by atoms with Crippen molar-refractivity contribution in [1.29, 1.82) is 0 Å². The molecule has 1 aliphatic rings. The van der Waals surface area contributed by atoms with Gasteiger partial charge in [-0.1, -0.05) is 32.0 Å².